The molecule has 1 fully saturated rings. The number of amides is 3. The van der Waals surface area contributed by atoms with Crippen molar-refractivity contribution < 1.29 is 23.9 Å². The van der Waals surface area contributed by atoms with Crippen LogP contribution < -0.4 is 10.2 Å². The summed E-state index contributed by atoms with van der Waals surface area (Å²) in [7, 11) is 0. The molecule has 37 heavy (non-hydrogen) atoms. The summed E-state index contributed by atoms with van der Waals surface area (Å²) in [6.45, 7) is 4.96. The van der Waals surface area contributed by atoms with Crippen molar-refractivity contribution >= 4 is 46.7 Å². The number of nitrogens with zero attached hydrogens (tertiary/aromatic N) is 2. The summed E-state index contributed by atoms with van der Waals surface area (Å²) in [4.78, 5) is 54.5. The van der Waals surface area contributed by atoms with Crippen LogP contribution in [0.4, 0.5) is 11.4 Å². The number of imide groups is 1. The van der Waals surface area contributed by atoms with Gasteiger partial charge in [-0.1, -0.05) is 37.6 Å². The van der Waals surface area contributed by atoms with E-state index in [4.69, 9.17) is 16.3 Å². The second kappa shape index (κ2) is 11.6. The highest BCUT2D eigenvalue weighted by Gasteiger charge is 2.39. The molecular formula is C28H30ClN3O5. The maximum atomic E-state index is 13.2. The van der Waals surface area contributed by atoms with Gasteiger partial charge in [-0.05, 0) is 68.5 Å². The van der Waals surface area contributed by atoms with Gasteiger partial charge in [0.1, 0.15) is 10.7 Å². The predicted molar refractivity (Wildman–Crippen MR) is 141 cm³/mol. The Morgan fingerprint density at radius 3 is 2.54 bits per heavy atom. The van der Waals surface area contributed by atoms with Crippen LogP contribution in [0.1, 0.15) is 66.7 Å². The van der Waals surface area contributed by atoms with Crippen molar-refractivity contribution in [2.75, 3.05) is 23.4 Å². The lowest BCUT2D eigenvalue weighted by Gasteiger charge is -2.35. The molecule has 2 aromatic rings. The van der Waals surface area contributed by atoms with E-state index in [2.05, 4.69) is 12.2 Å². The number of nitrogens with one attached hydrogen (secondary N) is 1. The molecule has 9 heteroatoms. The van der Waals surface area contributed by atoms with Crippen LogP contribution in [-0.2, 0) is 14.3 Å². The number of carbonyl (C=O) groups is 4. The smallest absolute Gasteiger partial charge is 0.338 e. The van der Waals surface area contributed by atoms with Crippen molar-refractivity contribution in [2.45, 2.75) is 52.0 Å². The lowest BCUT2D eigenvalue weighted by Crippen LogP contribution is -2.43. The fourth-order valence-corrected chi connectivity index (χ4v) is 4.84. The van der Waals surface area contributed by atoms with Gasteiger partial charge in [-0.25, -0.2) is 9.69 Å². The zero-order valence-electron chi connectivity index (χ0n) is 21.0. The number of benzene rings is 2. The van der Waals surface area contributed by atoms with Gasteiger partial charge < -0.3 is 15.0 Å². The lowest BCUT2D eigenvalue weighted by molar-refractivity contribution is -0.120. The first kappa shape index (κ1) is 26.4. The van der Waals surface area contributed by atoms with Crippen LogP contribution in [0.15, 0.2) is 59.3 Å². The minimum Gasteiger partial charge on any atom is -0.462 e. The van der Waals surface area contributed by atoms with Crippen molar-refractivity contribution in [3.63, 3.8) is 0 Å². The molecule has 3 amide bonds. The van der Waals surface area contributed by atoms with Gasteiger partial charge in [-0.15, -0.1) is 0 Å². The largest absolute Gasteiger partial charge is 0.462 e. The van der Waals surface area contributed by atoms with Gasteiger partial charge in [0, 0.05) is 23.8 Å². The molecule has 1 unspecified atom stereocenters. The second-order valence-corrected chi connectivity index (χ2v) is 9.46. The summed E-state index contributed by atoms with van der Waals surface area (Å²) in [6, 6.07) is 13.1. The van der Waals surface area contributed by atoms with Crippen LogP contribution in [0.2, 0.25) is 0 Å². The predicted octanol–water partition coefficient (Wildman–Crippen LogP) is 5.09. The normalized spacial score (nSPS) is 17.9. The Labute approximate surface area is 221 Å². The molecule has 194 valence electrons. The van der Waals surface area contributed by atoms with Crippen molar-refractivity contribution in [2.24, 2.45) is 0 Å². The van der Waals surface area contributed by atoms with Gasteiger partial charge in [-0.2, -0.15) is 0 Å². The monoisotopic (exact) mass is 523 g/mol. The molecule has 2 aliphatic rings. The van der Waals surface area contributed by atoms with Crippen molar-refractivity contribution in [3.8, 4) is 0 Å². The van der Waals surface area contributed by atoms with E-state index in [0.717, 1.165) is 37.1 Å². The highest BCUT2D eigenvalue weighted by molar-refractivity contribution is 6.53. The Kier molecular flexibility index (Phi) is 8.28. The average Bonchev–Trinajstić information content (AvgIpc) is 3.14. The van der Waals surface area contributed by atoms with E-state index in [0.29, 0.717) is 17.7 Å². The van der Waals surface area contributed by atoms with E-state index in [-0.39, 0.29) is 40.5 Å². The summed E-state index contributed by atoms with van der Waals surface area (Å²) in [5.74, 6) is -1.97. The first-order chi connectivity index (χ1) is 17.8. The maximum Gasteiger partial charge on any atom is 0.338 e. The molecule has 0 spiro atoms. The molecule has 2 aromatic carbocycles. The number of hydrogen-bond acceptors (Lipinski definition) is 6. The fourth-order valence-electron chi connectivity index (χ4n) is 4.63. The molecule has 2 aliphatic heterocycles. The van der Waals surface area contributed by atoms with Crippen molar-refractivity contribution in [3.05, 3.63) is 70.4 Å². The Hall–Kier alpha value is -3.65. The number of likely N-dealkylation sites (tertiary alicyclic amines) is 1. The molecule has 1 atom stereocenters. The number of anilines is 2. The number of esters is 1. The number of hydrogen-bond donors (Lipinski definition) is 1. The number of halogens is 1. The van der Waals surface area contributed by atoms with Crippen LogP contribution in [0.3, 0.4) is 0 Å². The van der Waals surface area contributed by atoms with Crippen LogP contribution in [-0.4, -0.2) is 47.8 Å². The number of rotatable bonds is 8. The first-order valence-electron chi connectivity index (χ1n) is 12.6. The van der Waals surface area contributed by atoms with Gasteiger partial charge in [0.05, 0.1) is 17.9 Å². The maximum absolute atomic E-state index is 13.2. The lowest BCUT2D eigenvalue weighted by atomic mass is 9.99. The Morgan fingerprint density at radius 2 is 1.78 bits per heavy atom. The third-order valence-electron chi connectivity index (χ3n) is 6.54. The zero-order chi connectivity index (χ0) is 26.5. The van der Waals surface area contributed by atoms with E-state index >= 15 is 0 Å². The molecule has 1 saturated heterocycles. The average molecular weight is 524 g/mol. The van der Waals surface area contributed by atoms with E-state index in [1.807, 2.05) is 11.8 Å². The Bertz CT molecular complexity index is 1260. The molecular weight excluding hydrogens is 494 g/mol. The standard InChI is InChI=1S/C28H30ClN3O5/c1-3-15-37-28(36)19-10-8-13-22(17-19)32-26(34)23(29)24(27(32)35)30-20-11-7-9-18(16-20)25(33)31-14-6-5-12-21(31)4-2/h7-11,13,16-17,21,30H,3-6,12,14-15H2,1-2H3. The zero-order valence-corrected chi connectivity index (χ0v) is 21.7. The van der Waals surface area contributed by atoms with Crippen LogP contribution in [0.5, 0.6) is 0 Å². The van der Waals surface area contributed by atoms with Crippen molar-refractivity contribution in [1.82, 2.24) is 4.90 Å². The molecule has 0 bridgehead atoms. The molecule has 1 N–H and O–H groups in total. The Morgan fingerprint density at radius 1 is 1.03 bits per heavy atom. The summed E-state index contributed by atoms with van der Waals surface area (Å²) in [5.41, 5.74) is 1.28. The quantitative estimate of drug-likeness (QED) is 0.382. The van der Waals surface area contributed by atoms with Crippen LogP contribution >= 0.6 is 11.6 Å². The topological polar surface area (TPSA) is 96.0 Å². The summed E-state index contributed by atoms with van der Waals surface area (Å²) in [5, 5.41) is 2.66. The minimum atomic E-state index is -0.709. The van der Waals surface area contributed by atoms with E-state index < -0.39 is 17.8 Å². The fraction of sp³-hybridized carbons (Fsp3) is 0.357. The van der Waals surface area contributed by atoms with Gasteiger partial charge in [0.2, 0.25) is 0 Å². The summed E-state index contributed by atoms with van der Waals surface area (Å²) < 4.78 is 5.15. The summed E-state index contributed by atoms with van der Waals surface area (Å²) in [6.07, 6.45) is 4.66. The number of ether oxygens (including phenoxy) is 1. The molecule has 0 radical (unpaired) electrons. The van der Waals surface area contributed by atoms with Crippen LogP contribution in [0, 0.1) is 0 Å². The van der Waals surface area contributed by atoms with Crippen molar-refractivity contribution in [1.29, 1.82) is 0 Å². The molecule has 4 rings (SSSR count). The van der Waals surface area contributed by atoms with Gasteiger partial charge in [0.15, 0.2) is 0 Å². The van der Waals surface area contributed by atoms with E-state index in [1.165, 1.54) is 6.07 Å². The SMILES string of the molecule is CCCOC(=O)c1cccc(N2C(=O)C(Cl)=C(Nc3cccc(C(=O)N4CCCCC4CC)c3)C2=O)c1. The van der Waals surface area contributed by atoms with Crippen LogP contribution in [0.25, 0.3) is 0 Å². The van der Waals surface area contributed by atoms with Gasteiger partial charge in [0.25, 0.3) is 17.7 Å². The highest BCUT2D eigenvalue weighted by atomic mass is 35.5. The molecule has 0 saturated carbocycles. The Balaban J connectivity index is 1.53. The second-order valence-electron chi connectivity index (χ2n) is 9.08. The molecule has 0 aliphatic carbocycles. The molecule has 8 nitrogen and oxygen atoms in total. The minimum absolute atomic E-state index is 0.0579. The van der Waals surface area contributed by atoms with E-state index in [1.54, 1.807) is 42.5 Å². The third kappa shape index (κ3) is 5.54. The third-order valence-corrected chi connectivity index (χ3v) is 6.89. The number of carbonyl (C=O) groups excluding carboxylic acids is 4. The highest BCUT2D eigenvalue weighted by Crippen LogP contribution is 2.31. The number of piperidine rings is 1. The first-order valence-corrected chi connectivity index (χ1v) is 13.0. The van der Waals surface area contributed by atoms with Gasteiger partial charge >= 0.3 is 5.97 Å². The summed E-state index contributed by atoms with van der Waals surface area (Å²) >= 11 is 6.29. The van der Waals surface area contributed by atoms with E-state index in [9.17, 15) is 19.2 Å². The molecule has 0 aromatic heterocycles. The van der Waals surface area contributed by atoms with Gasteiger partial charge in [-0.3, -0.25) is 14.4 Å². The molecule has 2 heterocycles.